The molecule has 0 bridgehead atoms. The second-order valence-electron chi connectivity index (χ2n) is 5.92. The van der Waals surface area contributed by atoms with Crippen molar-refractivity contribution >= 4 is 29.8 Å². The lowest BCUT2D eigenvalue weighted by atomic mass is 10.1. The van der Waals surface area contributed by atoms with Gasteiger partial charge in [-0.25, -0.2) is 9.97 Å². The van der Waals surface area contributed by atoms with Crippen LogP contribution in [0, 0.1) is 5.95 Å². The Kier molecular flexibility index (Phi) is 6.33. The highest BCUT2D eigenvalue weighted by Crippen LogP contribution is 2.30. The molecule has 1 aliphatic heterocycles. The van der Waals surface area contributed by atoms with Crippen molar-refractivity contribution in [3.05, 3.63) is 39.7 Å². The largest absolute Gasteiger partial charge is 0.405 e. The molecule has 3 rings (SSSR count). The number of hydrogen-bond donors (Lipinski definition) is 2. The van der Waals surface area contributed by atoms with Crippen molar-refractivity contribution in [1.82, 2.24) is 20.3 Å². The normalized spacial score (nSPS) is 20.3. The van der Waals surface area contributed by atoms with E-state index < -0.39 is 30.3 Å². The first-order chi connectivity index (χ1) is 12.2. The first-order valence-electron chi connectivity index (χ1n) is 7.65. The fourth-order valence-electron chi connectivity index (χ4n) is 2.70. The molecule has 6 nitrogen and oxygen atoms in total. The van der Waals surface area contributed by atoms with Crippen LogP contribution in [0.5, 0.6) is 0 Å². The summed E-state index contributed by atoms with van der Waals surface area (Å²) in [6.45, 7) is 1.27. The Bertz CT molecular complexity index is 876. The Morgan fingerprint density at radius 1 is 1.37 bits per heavy atom. The highest BCUT2D eigenvalue weighted by molar-refractivity contribution is 6.32. The second-order valence-corrected chi connectivity index (χ2v) is 6.30. The van der Waals surface area contributed by atoms with Gasteiger partial charge in [0, 0.05) is 37.0 Å². The molecule has 12 heteroatoms. The maximum Gasteiger partial charge on any atom is 0.405 e. The lowest BCUT2D eigenvalue weighted by molar-refractivity contribution is -0.156. The van der Waals surface area contributed by atoms with Gasteiger partial charge in [0.25, 0.3) is 5.56 Å². The minimum atomic E-state index is -4.46. The van der Waals surface area contributed by atoms with Gasteiger partial charge in [-0.2, -0.15) is 17.6 Å². The summed E-state index contributed by atoms with van der Waals surface area (Å²) in [5, 5.41) is 2.09. The number of alkyl halides is 3. The van der Waals surface area contributed by atoms with Crippen LogP contribution in [0.1, 0.15) is 6.92 Å². The van der Waals surface area contributed by atoms with Crippen LogP contribution < -0.4 is 15.8 Å². The molecule has 2 atom stereocenters. The summed E-state index contributed by atoms with van der Waals surface area (Å²) >= 11 is 6.01. The average molecular weight is 428 g/mol. The number of anilines is 1. The van der Waals surface area contributed by atoms with Crippen molar-refractivity contribution in [3.8, 4) is 11.4 Å². The minimum Gasteiger partial charge on any atom is -0.349 e. The molecule has 27 heavy (non-hydrogen) atoms. The number of pyridine rings is 1. The van der Waals surface area contributed by atoms with E-state index in [1.165, 1.54) is 17.2 Å². The zero-order valence-corrected chi connectivity index (χ0v) is 15.4. The number of aromatic nitrogens is 3. The van der Waals surface area contributed by atoms with Crippen LogP contribution in [0.25, 0.3) is 11.4 Å². The third-order valence-corrected chi connectivity index (χ3v) is 4.42. The number of hydrogen-bond acceptors (Lipinski definition) is 5. The van der Waals surface area contributed by atoms with Gasteiger partial charge in [0.05, 0.1) is 0 Å². The third kappa shape index (κ3) is 4.50. The molecule has 2 aromatic heterocycles. The molecule has 1 saturated heterocycles. The summed E-state index contributed by atoms with van der Waals surface area (Å²) in [6, 6.07) is 0.300. The highest BCUT2D eigenvalue weighted by atomic mass is 35.5. The van der Waals surface area contributed by atoms with Crippen LogP contribution in [-0.2, 0) is 0 Å². The second kappa shape index (κ2) is 7.99. The Hall–Kier alpha value is -1.91. The van der Waals surface area contributed by atoms with Crippen molar-refractivity contribution in [2.45, 2.75) is 25.2 Å². The van der Waals surface area contributed by atoms with Crippen molar-refractivity contribution in [1.29, 1.82) is 0 Å². The van der Waals surface area contributed by atoms with E-state index in [1.54, 1.807) is 6.92 Å². The number of halogens is 6. The fraction of sp³-hybridized carbons (Fsp3) is 0.400. The van der Waals surface area contributed by atoms with Crippen LogP contribution in [0.15, 0.2) is 23.1 Å². The minimum absolute atomic E-state index is 0. The average Bonchev–Trinajstić information content (AvgIpc) is 2.57. The number of rotatable bonds is 2. The Morgan fingerprint density at radius 2 is 2.07 bits per heavy atom. The Balaban J connectivity index is 0.00000261. The number of nitrogens with zero attached hydrogens (tertiary/aromatic N) is 3. The fourth-order valence-corrected chi connectivity index (χ4v) is 2.90. The molecule has 0 spiro atoms. The lowest BCUT2D eigenvalue weighted by Crippen LogP contribution is -2.61. The van der Waals surface area contributed by atoms with Crippen LogP contribution in [0.4, 0.5) is 23.4 Å². The van der Waals surface area contributed by atoms with Crippen molar-refractivity contribution in [2.24, 2.45) is 0 Å². The van der Waals surface area contributed by atoms with Crippen molar-refractivity contribution < 1.29 is 17.6 Å². The molecule has 0 radical (unpaired) electrons. The van der Waals surface area contributed by atoms with E-state index in [0.717, 1.165) is 6.07 Å². The number of piperazine rings is 1. The standard InChI is InChI=1S/C15H14ClF4N5O.ClH/c1-7-5-22-9(15(18,19)20)6-25(7)13-11(16)14(26)24-12(23-13)8-2-3-21-10(17)4-8;/h2-4,7,9,22H,5-6H2,1H3,(H,23,24,26);1H/t7-,9+;/m0./s1. The first kappa shape index (κ1) is 21.4. The van der Waals surface area contributed by atoms with E-state index in [0.29, 0.717) is 0 Å². The molecule has 0 aromatic carbocycles. The predicted molar refractivity (Wildman–Crippen MR) is 95.0 cm³/mol. The summed E-state index contributed by atoms with van der Waals surface area (Å²) < 4.78 is 52.5. The monoisotopic (exact) mass is 427 g/mol. The van der Waals surface area contributed by atoms with Crippen molar-refractivity contribution in [2.75, 3.05) is 18.0 Å². The van der Waals surface area contributed by atoms with Crippen molar-refractivity contribution in [3.63, 3.8) is 0 Å². The first-order valence-corrected chi connectivity index (χ1v) is 8.03. The molecule has 0 amide bonds. The van der Waals surface area contributed by atoms with Gasteiger partial charge in [-0.1, -0.05) is 11.6 Å². The molecule has 1 fully saturated rings. The molecule has 3 heterocycles. The summed E-state index contributed by atoms with van der Waals surface area (Å²) in [6.07, 6.45) is -3.27. The molecule has 148 valence electrons. The van der Waals surface area contributed by atoms with E-state index in [1.807, 2.05) is 0 Å². The van der Waals surface area contributed by atoms with E-state index in [-0.39, 0.29) is 47.2 Å². The van der Waals surface area contributed by atoms with E-state index in [4.69, 9.17) is 11.6 Å². The van der Waals surface area contributed by atoms with Gasteiger partial charge in [-0.05, 0) is 13.0 Å². The molecular formula is C15H15Cl2F4N5O. The van der Waals surface area contributed by atoms with Crippen LogP contribution in [0.3, 0.4) is 0 Å². The van der Waals surface area contributed by atoms with Gasteiger partial charge in [0.15, 0.2) is 5.82 Å². The van der Waals surface area contributed by atoms with Crippen LogP contribution >= 0.6 is 24.0 Å². The van der Waals surface area contributed by atoms with E-state index in [9.17, 15) is 22.4 Å². The topological polar surface area (TPSA) is 73.9 Å². The maximum atomic E-state index is 13.3. The van der Waals surface area contributed by atoms with Gasteiger partial charge in [-0.3, -0.25) is 4.79 Å². The molecule has 0 saturated carbocycles. The summed E-state index contributed by atoms with van der Waals surface area (Å²) in [5.74, 6) is -0.870. The summed E-state index contributed by atoms with van der Waals surface area (Å²) in [5.41, 5.74) is -0.499. The maximum absolute atomic E-state index is 13.3. The highest BCUT2D eigenvalue weighted by Gasteiger charge is 2.44. The molecule has 0 unspecified atom stereocenters. The molecular weight excluding hydrogens is 413 g/mol. The number of aromatic amines is 1. The Labute approximate surface area is 162 Å². The Morgan fingerprint density at radius 3 is 2.70 bits per heavy atom. The van der Waals surface area contributed by atoms with E-state index in [2.05, 4.69) is 20.3 Å². The van der Waals surface area contributed by atoms with Gasteiger partial charge in [0.1, 0.15) is 16.9 Å². The summed E-state index contributed by atoms with van der Waals surface area (Å²) in [7, 11) is 0. The zero-order valence-electron chi connectivity index (χ0n) is 13.8. The number of nitrogens with one attached hydrogen (secondary N) is 2. The quantitative estimate of drug-likeness (QED) is 0.569. The molecule has 1 aliphatic rings. The van der Waals surface area contributed by atoms with Crippen LogP contribution in [0.2, 0.25) is 5.02 Å². The van der Waals surface area contributed by atoms with Gasteiger partial charge >= 0.3 is 6.18 Å². The smallest absolute Gasteiger partial charge is 0.349 e. The van der Waals surface area contributed by atoms with Gasteiger partial charge in [-0.15, -0.1) is 12.4 Å². The molecule has 0 aliphatic carbocycles. The molecule has 2 aromatic rings. The SMILES string of the molecule is C[C@H]1CN[C@@H](C(F)(F)F)CN1c1nc(-c2ccnc(F)c2)[nH]c(=O)c1Cl.Cl. The van der Waals surface area contributed by atoms with Gasteiger partial charge in [0.2, 0.25) is 5.95 Å². The third-order valence-electron chi connectivity index (χ3n) is 4.08. The lowest BCUT2D eigenvalue weighted by Gasteiger charge is -2.40. The number of H-pyrrole nitrogens is 1. The van der Waals surface area contributed by atoms with Crippen LogP contribution in [-0.4, -0.2) is 46.3 Å². The van der Waals surface area contributed by atoms with E-state index >= 15 is 0 Å². The van der Waals surface area contributed by atoms with Gasteiger partial charge < -0.3 is 15.2 Å². The molecule has 2 N–H and O–H groups in total. The zero-order chi connectivity index (χ0) is 19.1. The summed E-state index contributed by atoms with van der Waals surface area (Å²) in [4.78, 5) is 23.5. The predicted octanol–water partition coefficient (Wildman–Crippen LogP) is 2.78.